The second-order valence-electron chi connectivity index (χ2n) is 5.32. The summed E-state index contributed by atoms with van der Waals surface area (Å²) in [6, 6.07) is 6.61. The van der Waals surface area contributed by atoms with Gasteiger partial charge in [-0.15, -0.1) is 0 Å². The summed E-state index contributed by atoms with van der Waals surface area (Å²) in [5.74, 6) is -0.349. The summed E-state index contributed by atoms with van der Waals surface area (Å²) in [5, 5.41) is 5.61. The lowest BCUT2D eigenvalue weighted by Crippen LogP contribution is -2.40. The normalized spacial score (nSPS) is 23.3. The predicted octanol–water partition coefficient (Wildman–Crippen LogP) is 2.18. The number of likely N-dealkylation sites (tertiary alicyclic amines) is 1. The van der Waals surface area contributed by atoms with Crippen LogP contribution in [0.4, 0.5) is 14.9 Å². The van der Waals surface area contributed by atoms with Crippen molar-refractivity contribution >= 4 is 11.7 Å². The fourth-order valence-electron chi connectivity index (χ4n) is 2.60. The lowest BCUT2D eigenvalue weighted by atomic mass is 10.3. The van der Waals surface area contributed by atoms with Gasteiger partial charge in [-0.2, -0.15) is 0 Å². The maximum absolute atomic E-state index is 13.0. The van der Waals surface area contributed by atoms with Gasteiger partial charge in [0.1, 0.15) is 5.82 Å². The summed E-state index contributed by atoms with van der Waals surface area (Å²) in [4.78, 5) is 14.2. The van der Waals surface area contributed by atoms with Gasteiger partial charge in [0.15, 0.2) is 0 Å². The molecule has 1 saturated carbocycles. The summed E-state index contributed by atoms with van der Waals surface area (Å²) < 4.78 is 13.0. The predicted molar refractivity (Wildman–Crippen MR) is 71.6 cm³/mol. The molecule has 1 atom stereocenters. The number of urea groups is 1. The van der Waals surface area contributed by atoms with Crippen LogP contribution in [0.5, 0.6) is 0 Å². The van der Waals surface area contributed by atoms with Crippen LogP contribution in [0.2, 0.25) is 0 Å². The molecule has 0 aromatic heterocycles. The zero-order valence-electron chi connectivity index (χ0n) is 10.7. The Morgan fingerprint density at radius 1 is 1.32 bits per heavy atom. The van der Waals surface area contributed by atoms with Crippen molar-refractivity contribution in [3.63, 3.8) is 0 Å². The zero-order valence-corrected chi connectivity index (χ0v) is 10.7. The van der Waals surface area contributed by atoms with E-state index in [0.717, 1.165) is 25.6 Å². The van der Waals surface area contributed by atoms with E-state index in [1.54, 1.807) is 12.1 Å². The zero-order chi connectivity index (χ0) is 13.2. The molecule has 2 fully saturated rings. The monoisotopic (exact) mass is 263 g/mol. The van der Waals surface area contributed by atoms with Crippen molar-refractivity contribution < 1.29 is 9.18 Å². The Balaban J connectivity index is 1.48. The fourth-order valence-corrected chi connectivity index (χ4v) is 2.60. The molecule has 0 unspecified atom stereocenters. The number of carbonyl (C=O) groups excluding carboxylic acids is 1. The van der Waals surface area contributed by atoms with Crippen LogP contribution in [0, 0.1) is 5.82 Å². The average Bonchev–Trinajstić information content (AvgIpc) is 3.11. The SMILES string of the molecule is O=C(Nc1cccc(F)c1)N[C@@H]1CCN(C2CC2)C1. The molecule has 1 aliphatic heterocycles. The van der Waals surface area contributed by atoms with Crippen molar-refractivity contribution in [1.29, 1.82) is 0 Å². The number of hydrogen-bond donors (Lipinski definition) is 2. The number of nitrogens with one attached hydrogen (secondary N) is 2. The van der Waals surface area contributed by atoms with Crippen molar-refractivity contribution in [2.24, 2.45) is 0 Å². The molecule has 1 saturated heterocycles. The highest BCUT2D eigenvalue weighted by Gasteiger charge is 2.34. The van der Waals surface area contributed by atoms with Crippen LogP contribution in [0.25, 0.3) is 0 Å². The maximum atomic E-state index is 13.0. The number of nitrogens with zero attached hydrogens (tertiary/aromatic N) is 1. The summed E-state index contributed by atoms with van der Waals surface area (Å²) >= 11 is 0. The highest BCUT2D eigenvalue weighted by atomic mass is 19.1. The fraction of sp³-hybridized carbons (Fsp3) is 0.500. The first-order valence-corrected chi connectivity index (χ1v) is 6.78. The Morgan fingerprint density at radius 3 is 2.89 bits per heavy atom. The minimum Gasteiger partial charge on any atom is -0.334 e. The van der Waals surface area contributed by atoms with E-state index in [-0.39, 0.29) is 17.9 Å². The summed E-state index contributed by atoms with van der Waals surface area (Å²) in [7, 11) is 0. The third kappa shape index (κ3) is 3.23. The number of anilines is 1. The minimum atomic E-state index is -0.349. The number of hydrogen-bond acceptors (Lipinski definition) is 2. The van der Waals surface area contributed by atoms with Gasteiger partial charge in [0.05, 0.1) is 0 Å². The molecule has 1 aromatic carbocycles. The molecule has 2 amide bonds. The Hall–Kier alpha value is -1.62. The van der Waals surface area contributed by atoms with Gasteiger partial charge in [-0.05, 0) is 37.5 Å². The first kappa shape index (κ1) is 12.4. The first-order valence-electron chi connectivity index (χ1n) is 6.78. The quantitative estimate of drug-likeness (QED) is 0.878. The molecular formula is C14H18FN3O. The smallest absolute Gasteiger partial charge is 0.319 e. The van der Waals surface area contributed by atoms with Crippen molar-refractivity contribution in [3.8, 4) is 0 Å². The summed E-state index contributed by atoms with van der Waals surface area (Å²) in [5.41, 5.74) is 0.481. The van der Waals surface area contributed by atoms with Crippen LogP contribution in [-0.2, 0) is 0 Å². The molecule has 4 nitrogen and oxygen atoms in total. The van der Waals surface area contributed by atoms with Crippen LogP contribution >= 0.6 is 0 Å². The molecule has 2 N–H and O–H groups in total. The van der Waals surface area contributed by atoms with E-state index in [1.807, 2.05) is 0 Å². The van der Waals surface area contributed by atoms with Crippen molar-refractivity contribution in [2.75, 3.05) is 18.4 Å². The van der Waals surface area contributed by atoms with E-state index in [0.29, 0.717) is 5.69 Å². The van der Waals surface area contributed by atoms with E-state index < -0.39 is 0 Å². The molecule has 1 aromatic rings. The highest BCUT2D eigenvalue weighted by molar-refractivity contribution is 5.89. The Morgan fingerprint density at radius 2 is 2.16 bits per heavy atom. The first-order chi connectivity index (χ1) is 9.20. The van der Waals surface area contributed by atoms with Gasteiger partial charge in [-0.3, -0.25) is 4.90 Å². The molecule has 102 valence electrons. The molecule has 19 heavy (non-hydrogen) atoms. The second-order valence-corrected chi connectivity index (χ2v) is 5.32. The van der Waals surface area contributed by atoms with Gasteiger partial charge in [-0.1, -0.05) is 6.07 Å². The van der Waals surface area contributed by atoms with Crippen LogP contribution in [0.1, 0.15) is 19.3 Å². The molecule has 0 spiro atoms. The summed E-state index contributed by atoms with van der Waals surface area (Å²) in [6.07, 6.45) is 3.58. The standard InChI is InChI=1S/C14H18FN3O/c15-10-2-1-3-11(8-10)16-14(19)17-12-6-7-18(9-12)13-4-5-13/h1-3,8,12-13H,4-7,9H2,(H2,16,17,19)/t12-/m1/s1. The Labute approximate surface area is 112 Å². The molecule has 1 heterocycles. The van der Waals surface area contributed by atoms with Crippen molar-refractivity contribution in [2.45, 2.75) is 31.3 Å². The van der Waals surface area contributed by atoms with Crippen molar-refractivity contribution in [3.05, 3.63) is 30.1 Å². The lowest BCUT2D eigenvalue weighted by molar-refractivity contribution is 0.247. The minimum absolute atomic E-state index is 0.203. The van der Waals surface area contributed by atoms with E-state index in [2.05, 4.69) is 15.5 Å². The van der Waals surface area contributed by atoms with Gasteiger partial charge < -0.3 is 10.6 Å². The van der Waals surface area contributed by atoms with Gasteiger partial charge >= 0.3 is 6.03 Å². The average molecular weight is 263 g/mol. The molecule has 1 aliphatic carbocycles. The van der Waals surface area contributed by atoms with Gasteiger partial charge in [0.2, 0.25) is 0 Å². The van der Waals surface area contributed by atoms with Crippen LogP contribution in [-0.4, -0.2) is 36.1 Å². The maximum Gasteiger partial charge on any atom is 0.319 e. The molecule has 3 rings (SSSR count). The Bertz CT molecular complexity index is 476. The number of benzene rings is 1. The molecular weight excluding hydrogens is 245 g/mol. The van der Waals surface area contributed by atoms with Crippen molar-refractivity contribution in [1.82, 2.24) is 10.2 Å². The second kappa shape index (κ2) is 5.17. The van der Waals surface area contributed by atoms with E-state index >= 15 is 0 Å². The van der Waals surface area contributed by atoms with Crippen LogP contribution in [0.3, 0.4) is 0 Å². The van der Waals surface area contributed by atoms with Gasteiger partial charge in [0, 0.05) is 30.9 Å². The van der Waals surface area contributed by atoms with Crippen LogP contribution in [0.15, 0.2) is 24.3 Å². The topological polar surface area (TPSA) is 44.4 Å². The van der Waals surface area contributed by atoms with E-state index in [1.165, 1.54) is 25.0 Å². The van der Waals surface area contributed by atoms with E-state index in [4.69, 9.17) is 0 Å². The number of rotatable bonds is 3. The third-order valence-electron chi connectivity index (χ3n) is 3.70. The van der Waals surface area contributed by atoms with Gasteiger partial charge in [-0.25, -0.2) is 9.18 Å². The lowest BCUT2D eigenvalue weighted by Gasteiger charge is -2.16. The largest absolute Gasteiger partial charge is 0.334 e. The molecule has 5 heteroatoms. The molecule has 2 aliphatic rings. The van der Waals surface area contributed by atoms with Gasteiger partial charge in [0.25, 0.3) is 0 Å². The van der Waals surface area contributed by atoms with E-state index in [9.17, 15) is 9.18 Å². The Kier molecular flexibility index (Phi) is 3.38. The molecule has 0 bridgehead atoms. The highest BCUT2D eigenvalue weighted by Crippen LogP contribution is 2.29. The molecule has 0 radical (unpaired) electrons. The third-order valence-corrected chi connectivity index (χ3v) is 3.70. The summed E-state index contributed by atoms with van der Waals surface area (Å²) in [6.45, 7) is 2.00. The van der Waals surface area contributed by atoms with Crippen LogP contribution < -0.4 is 10.6 Å². The number of carbonyl (C=O) groups is 1. The number of halogens is 1. The number of amides is 2.